The Morgan fingerprint density at radius 3 is 2.50 bits per heavy atom. The molecule has 1 aliphatic rings. The van der Waals surface area contributed by atoms with Gasteiger partial charge in [0, 0.05) is 18.7 Å². The molecule has 112 valence electrons. The average molecular weight is 344 g/mol. The second-order valence-electron chi connectivity index (χ2n) is 5.15. The summed E-state index contributed by atoms with van der Waals surface area (Å²) in [6.07, 6.45) is 0.0530. The van der Waals surface area contributed by atoms with Crippen molar-refractivity contribution in [3.8, 4) is 11.5 Å². The van der Waals surface area contributed by atoms with Crippen molar-refractivity contribution >= 4 is 15.9 Å². The molecule has 20 heavy (non-hydrogen) atoms. The van der Waals surface area contributed by atoms with Crippen LogP contribution in [-0.2, 0) is 4.74 Å². The molecule has 1 atom stereocenters. The first kappa shape index (κ1) is 15.6. The first-order chi connectivity index (χ1) is 9.60. The van der Waals surface area contributed by atoms with E-state index in [1.807, 2.05) is 0 Å². The Bertz CT molecular complexity index is 471. The molecule has 0 radical (unpaired) electrons. The average Bonchev–Trinajstić information content (AvgIpc) is 2.46. The van der Waals surface area contributed by atoms with Crippen LogP contribution in [-0.4, -0.2) is 33.9 Å². The fourth-order valence-corrected chi connectivity index (χ4v) is 3.25. The molecule has 0 bridgehead atoms. The molecule has 0 aliphatic carbocycles. The molecule has 1 aromatic rings. The van der Waals surface area contributed by atoms with Crippen LogP contribution in [0.1, 0.15) is 37.0 Å². The van der Waals surface area contributed by atoms with Crippen LogP contribution in [0.5, 0.6) is 11.5 Å². The van der Waals surface area contributed by atoms with Crippen LogP contribution in [0.25, 0.3) is 0 Å². The highest BCUT2D eigenvalue weighted by Gasteiger charge is 2.26. The fourth-order valence-electron chi connectivity index (χ4n) is 2.66. The number of methoxy groups -OCH3 is 2. The summed E-state index contributed by atoms with van der Waals surface area (Å²) in [6.45, 7) is 6.77. The van der Waals surface area contributed by atoms with Gasteiger partial charge in [-0.25, -0.2) is 0 Å². The van der Waals surface area contributed by atoms with Gasteiger partial charge in [-0.15, -0.1) is 0 Å². The van der Waals surface area contributed by atoms with Crippen molar-refractivity contribution < 1.29 is 14.2 Å². The molecule has 0 spiro atoms. The van der Waals surface area contributed by atoms with Crippen molar-refractivity contribution in [2.24, 2.45) is 0 Å². The van der Waals surface area contributed by atoms with E-state index in [1.165, 1.54) is 0 Å². The minimum atomic E-state index is 0.0530. The Kier molecular flexibility index (Phi) is 5.29. The molecular weight excluding hydrogens is 322 g/mol. The molecule has 4 nitrogen and oxygen atoms in total. The summed E-state index contributed by atoms with van der Waals surface area (Å²) in [4.78, 5) is 0. The van der Waals surface area contributed by atoms with Gasteiger partial charge in [-0.1, -0.05) is 13.8 Å². The van der Waals surface area contributed by atoms with Crippen molar-refractivity contribution in [1.29, 1.82) is 0 Å². The van der Waals surface area contributed by atoms with E-state index < -0.39 is 0 Å². The lowest BCUT2D eigenvalue weighted by atomic mass is 9.92. The quantitative estimate of drug-likeness (QED) is 0.910. The van der Waals surface area contributed by atoms with E-state index in [4.69, 9.17) is 14.2 Å². The van der Waals surface area contributed by atoms with E-state index in [2.05, 4.69) is 41.2 Å². The monoisotopic (exact) mass is 343 g/mol. The third kappa shape index (κ3) is 2.95. The van der Waals surface area contributed by atoms with Gasteiger partial charge in [0.25, 0.3) is 0 Å². The first-order valence-corrected chi connectivity index (χ1v) is 7.66. The fraction of sp³-hybridized carbons (Fsp3) is 0.600. The zero-order valence-electron chi connectivity index (χ0n) is 12.5. The van der Waals surface area contributed by atoms with Crippen molar-refractivity contribution in [1.82, 2.24) is 5.32 Å². The summed E-state index contributed by atoms with van der Waals surface area (Å²) in [6, 6.07) is 2.09. The van der Waals surface area contributed by atoms with E-state index in [0.29, 0.717) is 5.92 Å². The second kappa shape index (κ2) is 6.78. The van der Waals surface area contributed by atoms with Gasteiger partial charge in [0.2, 0.25) is 0 Å². The maximum absolute atomic E-state index is 5.90. The highest BCUT2D eigenvalue weighted by Crippen LogP contribution is 2.45. The number of halogens is 1. The minimum absolute atomic E-state index is 0.0530. The zero-order chi connectivity index (χ0) is 14.7. The Hall–Kier alpha value is -0.780. The van der Waals surface area contributed by atoms with Gasteiger partial charge in [-0.2, -0.15) is 0 Å². The van der Waals surface area contributed by atoms with Crippen LogP contribution in [0.4, 0.5) is 0 Å². The van der Waals surface area contributed by atoms with Crippen LogP contribution in [0.2, 0.25) is 0 Å². The molecule has 1 aliphatic heterocycles. The number of rotatable bonds is 4. The number of morpholine rings is 1. The predicted molar refractivity (Wildman–Crippen MR) is 82.9 cm³/mol. The molecule has 5 heteroatoms. The smallest absolute Gasteiger partial charge is 0.175 e. The molecular formula is C15H22BrNO3. The van der Waals surface area contributed by atoms with E-state index in [0.717, 1.165) is 46.8 Å². The highest BCUT2D eigenvalue weighted by atomic mass is 79.9. The molecule has 1 unspecified atom stereocenters. The Morgan fingerprint density at radius 2 is 2.00 bits per heavy atom. The van der Waals surface area contributed by atoms with Gasteiger partial charge in [0.05, 0.1) is 31.4 Å². The minimum Gasteiger partial charge on any atom is -0.493 e. The molecule has 1 heterocycles. The normalized spacial score (nSPS) is 19.2. The van der Waals surface area contributed by atoms with Crippen LogP contribution in [0, 0.1) is 0 Å². The van der Waals surface area contributed by atoms with Gasteiger partial charge in [-0.3, -0.25) is 0 Å². The van der Waals surface area contributed by atoms with Crippen LogP contribution < -0.4 is 14.8 Å². The molecule has 1 N–H and O–H groups in total. The lowest BCUT2D eigenvalue weighted by Gasteiger charge is -2.29. The summed E-state index contributed by atoms with van der Waals surface area (Å²) in [5.41, 5.74) is 2.32. The van der Waals surface area contributed by atoms with Crippen LogP contribution in [0.15, 0.2) is 10.5 Å². The molecule has 0 amide bonds. The second-order valence-corrected chi connectivity index (χ2v) is 6.00. The maximum atomic E-state index is 5.90. The lowest BCUT2D eigenvalue weighted by Crippen LogP contribution is -2.34. The van der Waals surface area contributed by atoms with Crippen molar-refractivity contribution in [3.05, 3.63) is 21.7 Å². The number of hydrogen-bond acceptors (Lipinski definition) is 4. The van der Waals surface area contributed by atoms with Gasteiger partial charge in [-0.05, 0) is 33.5 Å². The standard InChI is InChI=1S/C15H22BrNO3/c1-9(2)13-10(12-8-17-5-6-20-12)7-11(16)14(18-3)15(13)19-4/h7,9,12,17H,5-6,8H2,1-4H3. The van der Waals surface area contributed by atoms with Crippen molar-refractivity contribution in [3.63, 3.8) is 0 Å². The van der Waals surface area contributed by atoms with Gasteiger partial charge in [0.15, 0.2) is 11.5 Å². The van der Waals surface area contributed by atoms with Crippen molar-refractivity contribution in [2.75, 3.05) is 33.9 Å². The molecule has 1 aromatic carbocycles. The summed E-state index contributed by atoms with van der Waals surface area (Å²) >= 11 is 3.57. The summed E-state index contributed by atoms with van der Waals surface area (Å²) < 4.78 is 17.9. The number of benzene rings is 1. The summed E-state index contributed by atoms with van der Waals surface area (Å²) in [7, 11) is 3.34. The molecule has 1 saturated heterocycles. The highest BCUT2D eigenvalue weighted by molar-refractivity contribution is 9.10. The number of hydrogen-bond donors (Lipinski definition) is 1. The lowest BCUT2D eigenvalue weighted by molar-refractivity contribution is 0.0268. The van der Waals surface area contributed by atoms with Crippen LogP contribution >= 0.6 is 15.9 Å². The van der Waals surface area contributed by atoms with E-state index >= 15 is 0 Å². The van der Waals surface area contributed by atoms with Crippen LogP contribution in [0.3, 0.4) is 0 Å². The number of nitrogens with one attached hydrogen (secondary N) is 1. The van der Waals surface area contributed by atoms with Gasteiger partial charge < -0.3 is 19.5 Å². The summed E-state index contributed by atoms with van der Waals surface area (Å²) in [5.74, 6) is 1.86. The van der Waals surface area contributed by atoms with Gasteiger partial charge >= 0.3 is 0 Å². The Labute approximate surface area is 128 Å². The Balaban J connectivity index is 2.57. The Morgan fingerprint density at radius 1 is 1.30 bits per heavy atom. The van der Waals surface area contributed by atoms with E-state index in [1.54, 1.807) is 14.2 Å². The zero-order valence-corrected chi connectivity index (χ0v) is 14.0. The third-order valence-electron chi connectivity index (χ3n) is 3.52. The summed E-state index contributed by atoms with van der Waals surface area (Å²) in [5, 5.41) is 3.37. The molecule has 2 rings (SSSR count). The van der Waals surface area contributed by atoms with Gasteiger partial charge in [0.1, 0.15) is 0 Å². The largest absolute Gasteiger partial charge is 0.493 e. The maximum Gasteiger partial charge on any atom is 0.175 e. The predicted octanol–water partition coefficient (Wildman–Crippen LogP) is 3.25. The topological polar surface area (TPSA) is 39.7 Å². The molecule has 0 saturated carbocycles. The van der Waals surface area contributed by atoms with Crippen molar-refractivity contribution in [2.45, 2.75) is 25.9 Å². The molecule has 0 aromatic heterocycles. The van der Waals surface area contributed by atoms with E-state index in [9.17, 15) is 0 Å². The number of ether oxygens (including phenoxy) is 3. The third-order valence-corrected chi connectivity index (χ3v) is 4.11. The van der Waals surface area contributed by atoms with E-state index in [-0.39, 0.29) is 6.10 Å². The SMILES string of the molecule is COc1c(Br)cc(C2CNCCO2)c(C(C)C)c1OC. The molecule has 1 fully saturated rings. The first-order valence-electron chi connectivity index (χ1n) is 6.86.